The predicted molar refractivity (Wildman–Crippen MR) is 94.9 cm³/mol. The van der Waals surface area contributed by atoms with Gasteiger partial charge in [-0.25, -0.2) is 23.2 Å². The lowest BCUT2D eigenvalue weighted by Gasteiger charge is -2.07. The zero-order valence-electron chi connectivity index (χ0n) is 13.7. The maximum absolute atomic E-state index is 11.5. The van der Waals surface area contributed by atoms with Crippen LogP contribution in [-0.2, 0) is 10.0 Å². The van der Waals surface area contributed by atoms with Crippen LogP contribution < -0.4 is 5.14 Å². The molecule has 0 bridgehead atoms. The molecule has 0 saturated heterocycles. The van der Waals surface area contributed by atoms with E-state index in [2.05, 4.69) is 16.2 Å². The SMILES string of the molecule is N#Cc1cccc(-c2nc(C3CC3)nn2-c2ccc(S(N)(=O)=O)cc2)c1. The van der Waals surface area contributed by atoms with E-state index in [0.717, 1.165) is 24.2 Å². The maximum atomic E-state index is 11.5. The molecule has 0 aliphatic heterocycles. The van der Waals surface area contributed by atoms with Crippen LogP contribution in [0.5, 0.6) is 0 Å². The molecule has 4 rings (SSSR count). The molecule has 8 heteroatoms. The summed E-state index contributed by atoms with van der Waals surface area (Å²) in [5.41, 5.74) is 1.99. The van der Waals surface area contributed by atoms with Crippen molar-refractivity contribution in [1.82, 2.24) is 14.8 Å². The summed E-state index contributed by atoms with van der Waals surface area (Å²) in [7, 11) is -3.75. The largest absolute Gasteiger partial charge is 0.238 e. The maximum Gasteiger partial charge on any atom is 0.238 e. The van der Waals surface area contributed by atoms with Crippen molar-refractivity contribution in [2.75, 3.05) is 0 Å². The van der Waals surface area contributed by atoms with Gasteiger partial charge >= 0.3 is 0 Å². The van der Waals surface area contributed by atoms with Crippen LogP contribution in [0.3, 0.4) is 0 Å². The molecule has 130 valence electrons. The normalized spacial score (nSPS) is 14.2. The minimum atomic E-state index is -3.75. The number of nitrogens with two attached hydrogens (primary N) is 1. The van der Waals surface area contributed by atoms with E-state index in [0.29, 0.717) is 23.0 Å². The first-order chi connectivity index (χ1) is 12.5. The van der Waals surface area contributed by atoms with E-state index in [9.17, 15) is 8.42 Å². The Labute approximate surface area is 150 Å². The molecule has 2 aromatic carbocycles. The summed E-state index contributed by atoms with van der Waals surface area (Å²) in [6, 6.07) is 15.5. The van der Waals surface area contributed by atoms with Crippen LogP contribution in [-0.4, -0.2) is 23.2 Å². The van der Waals surface area contributed by atoms with E-state index in [1.54, 1.807) is 35.0 Å². The summed E-state index contributed by atoms with van der Waals surface area (Å²) in [6.07, 6.45) is 2.12. The summed E-state index contributed by atoms with van der Waals surface area (Å²) in [4.78, 5) is 4.70. The van der Waals surface area contributed by atoms with Gasteiger partial charge < -0.3 is 0 Å². The Bertz CT molecular complexity index is 1120. The van der Waals surface area contributed by atoms with Gasteiger partial charge in [-0.2, -0.15) is 10.4 Å². The van der Waals surface area contributed by atoms with Crippen LogP contribution in [0.1, 0.15) is 30.1 Å². The molecule has 1 saturated carbocycles. The summed E-state index contributed by atoms with van der Waals surface area (Å²) < 4.78 is 24.6. The predicted octanol–water partition coefficient (Wildman–Crippen LogP) is 2.33. The van der Waals surface area contributed by atoms with Crippen LogP contribution in [0, 0.1) is 11.3 Å². The Balaban J connectivity index is 1.84. The number of nitriles is 1. The van der Waals surface area contributed by atoms with Crippen molar-refractivity contribution in [2.45, 2.75) is 23.7 Å². The molecule has 0 unspecified atom stereocenters. The molecule has 1 aromatic heterocycles. The minimum absolute atomic E-state index is 0.0387. The van der Waals surface area contributed by atoms with Crippen molar-refractivity contribution in [2.24, 2.45) is 5.14 Å². The highest BCUT2D eigenvalue weighted by Gasteiger charge is 2.29. The molecule has 1 fully saturated rings. The highest BCUT2D eigenvalue weighted by atomic mass is 32.2. The van der Waals surface area contributed by atoms with Crippen molar-refractivity contribution in [1.29, 1.82) is 5.26 Å². The van der Waals surface area contributed by atoms with E-state index in [-0.39, 0.29) is 4.90 Å². The molecule has 0 radical (unpaired) electrons. The highest BCUT2D eigenvalue weighted by Crippen LogP contribution is 2.39. The zero-order chi connectivity index (χ0) is 18.3. The number of hydrogen-bond acceptors (Lipinski definition) is 5. The van der Waals surface area contributed by atoms with Gasteiger partial charge in [0, 0.05) is 11.5 Å². The quantitative estimate of drug-likeness (QED) is 0.762. The molecule has 0 amide bonds. The van der Waals surface area contributed by atoms with Crippen molar-refractivity contribution in [3.05, 3.63) is 59.9 Å². The topological polar surface area (TPSA) is 115 Å². The molecule has 2 N–H and O–H groups in total. The van der Waals surface area contributed by atoms with Gasteiger partial charge in [-0.3, -0.25) is 0 Å². The Morgan fingerprint density at radius 1 is 1.15 bits per heavy atom. The second-order valence-electron chi connectivity index (χ2n) is 6.21. The molecular weight excluding hydrogens is 350 g/mol. The number of aromatic nitrogens is 3. The number of rotatable bonds is 4. The van der Waals surface area contributed by atoms with Crippen molar-refractivity contribution >= 4 is 10.0 Å². The van der Waals surface area contributed by atoms with Crippen LogP contribution in [0.2, 0.25) is 0 Å². The molecule has 7 nitrogen and oxygen atoms in total. The van der Waals surface area contributed by atoms with Gasteiger partial charge in [0.25, 0.3) is 0 Å². The molecule has 1 heterocycles. The third kappa shape index (κ3) is 3.10. The third-order valence-corrected chi connectivity index (χ3v) is 5.15. The monoisotopic (exact) mass is 365 g/mol. The molecule has 3 aromatic rings. The Hall–Kier alpha value is -3.02. The Kier molecular flexibility index (Phi) is 3.83. The summed E-state index contributed by atoms with van der Waals surface area (Å²) in [5.74, 6) is 1.74. The lowest BCUT2D eigenvalue weighted by Crippen LogP contribution is -2.12. The fraction of sp³-hybridized carbons (Fsp3) is 0.167. The fourth-order valence-electron chi connectivity index (χ4n) is 2.71. The molecule has 0 spiro atoms. The third-order valence-electron chi connectivity index (χ3n) is 4.23. The van der Waals surface area contributed by atoms with E-state index in [1.165, 1.54) is 12.1 Å². The fourth-order valence-corrected chi connectivity index (χ4v) is 3.23. The number of sulfonamides is 1. The number of nitrogens with zero attached hydrogens (tertiary/aromatic N) is 4. The second kappa shape index (κ2) is 6.05. The van der Waals surface area contributed by atoms with Crippen molar-refractivity contribution in [3.63, 3.8) is 0 Å². The first kappa shape index (κ1) is 16.4. The van der Waals surface area contributed by atoms with Crippen molar-refractivity contribution < 1.29 is 8.42 Å². The van der Waals surface area contributed by atoms with Gasteiger partial charge in [0.2, 0.25) is 10.0 Å². The smallest absolute Gasteiger partial charge is 0.225 e. The van der Waals surface area contributed by atoms with E-state index in [1.807, 2.05) is 6.07 Å². The Morgan fingerprint density at radius 2 is 1.88 bits per heavy atom. The second-order valence-corrected chi connectivity index (χ2v) is 7.77. The Morgan fingerprint density at radius 3 is 2.50 bits per heavy atom. The van der Waals surface area contributed by atoms with Gasteiger partial charge in [-0.05, 0) is 49.2 Å². The highest BCUT2D eigenvalue weighted by molar-refractivity contribution is 7.89. The van der Waals surface area contributed by atoms with Gasteiger partial charge in [-0.15, -0.1) is 0 Å². The summed E-state index contributed by atoms with van der Waals surface area (Å²) >= 11 is 0. The van der Waals surface area contributed by atoms with Gasteiger partial charge in [-0.1, -0.05) is 12.1 Å². The van der Waals surface area contributed by atoms with Gasteiger partial charge in [0.05, 0.1) is 22.2 Å². The number of benzene rings is 2. The lowest BCUT2D eigenvalue weighted by atomic mass is 10.1. The number of hydrogen-bond donors (Lipinski definition) is 1. The zero-order valence-corrected chi connectivity index (χ0v) is 14.5. The minimum Gasteiger partial charge on any atom is -0.225 e. The van der Waals surface area contributed by atoms with E-state index < -0.39 is 10.0 Å². The van der Waals surface area contributed by atoms with Crippen molar-refractivity contribution in [3.8, 4) is 23.1 Å². The molecule has 1 aliphatic carbocycles. The van der Waals surface area contributed by atoms with E-state index >= 15 is 0 Å². The average Bonchev–Trinajstić information content (AvgIpc) is 3.40. The van der Waals surface area contributed by atoms with Crippen LogP contribution in [0.4, 0.5) is 0 Å². The summed E-state index contributed by atoms with van der Waals surface area (Å²) in [6.45, 7) is 0. The molecule has 26 heavy (non-hydrogen) atoms. The van der Waals surface area contributed by atoms with Crippen LogP contribution >= 0.6 is 0 Å². The van der Waals surface area contributed by atoms with Gasteiger partial charge in [0.15, 0.2) is 11.6 Å². The van der Waals surface area contributed by atoms with Crippen LogP contribution in [0.25, 0.3) is 17.1 Å². The molecule has 1 aliphatic rings. The molecular formula is C18H15N5O2S. The average molecular weight is 365 g/mol. The number of primary sulfonamides is 1. The summed E-state index contributed by atoms with van der Waals surface area (Å²) in [5, 5.41) is 18.9. The first-order valence-electron chi connectivity index (χ1n) is 8.06. The van der Waals surface area contributed by atoms with Crippen LogP contribution in [0.15, 0.2) is 53.4 Å². The lowest BCUT2D eigenvalue weighted by molar-refractivity contribution is 0.598. The molecule has 0 atom stereocenters. The first-order valence-corrected chi connectivity index (χ1v) is 9.61. The standard InChI is InChI=1S/C18H15N5O2S/c19-11-12-2-1-3-14(10-12)18-21-17(13-4-5-13)22-23(18)15-6-8-16(9-7-15)26(20,24)25/h1-3,6-10,13H,4-5H2,(H2,20,24,25). The van der Waals surface area contributed by atoms with E-state index in [4.69, 9.17) is 10.4 Å². The van der Waals surface area contributed by atoms with Gasteiger partial charge in [0.1, 0.15) is 0 Å².